The lowest BCUT2D eigenvalue weighted by molar-refractivity contribution is 0.404. The third-order valence-electron chi connectivity index (χ3n) is 4.03. The van der Waals surface area contributed by atoms with Gasteiger partial charge in [-0.1, -0.05) is 0 Å². The van der Waals surface area contributed by atoms with Gasteiger partial charge in [-0.05, 0) is 44.0 Å². The molecule has 1 fully saturated rings. The van der Waals surface area contributed by atoms with E-state index in [-0.39, 0.29) is 22.5 Å². The van der Waals surface area contributed by atoms with Crippen LogP contribution >= 0.6 is 0 Å². The second kappa shape index (κ2) is 4.97. The van der Waals surface area contributed by atoms with Crippen molar-refractivity contribution in [1.29, 1.82) is 0 Å². The Hall–Kier alpha value is -1.64. The number of sulfonamides is 1. The molecular weight excluding hydrogens is 292 g/mol. The molecule has 1 saturated heterocycles. The van der Waals surface area contributed by atoms with E-state index in [1.165, 1.54) is 16.4 Å². The van der Waals surface area contributed by atoms with Crippen LogP contribution in [0.3, 0.4) is 0 Å². The highest BCUT2D eigenvalue weighted by atomic mass is 32.2. The zero-order valence-corrected chi connectivity index (χ0v) is 12.5. The summed E-state index contributed by atoms with van der Waals surface area (Å²) in [7, 11) is -3.57. The maximum atomic E-state index is 12.7. The van der Waals surface area contributed by atoms with Crippen molar-refractivity contribution in [3.05, 3.63) is 28.7 Å². The van der Waals surface area contributed by atoms with E-state index >= 15 is 0 Å². The van der Waals surface area contributed by atoms with Crippen molar-refractivity contribution in [3.63, 3.8) is 0 Å². The van der Waals surface area contributed by atoms with Crippen molar-refractivity contribution < 1.29 is 8.42 Å². The van der Waals surface area contributed by atoms with Crippen LogP contribution in [0.25, 0.3) is 11.0 Å². The molecule has 0 bridgehead atoms. The molecule has 7 nitrogen and oxygen atoms in total. The Labute approximate surface area is 122 Å². The summed E-state index contributed by atoms with van der Waals surface area (Å²) in [5, 5.41) is 0. The van der Waals surface area contributed by atoms with Crippen LogP contribution in [-0.4, -0.2) is 41.8 Å². The van der Waals surface area contributed by atoms with Gasteiger partial charge in [0.1, 0.15) is 0 Å². The summed E-state index contributed by atoms with van der Waals surface area (Å²) in [5.74, 6) is 0.200. The zero-order valence-electron chi connectivity index (χ0n) is 11.7. The molecule has 0 radical (unpaired) electrons. The van der Waals surface area contributed by atoms with Gasteiger partial charge < -0.3 is 15.7 Å². The molecule has 2 unspecified atom stereocenters. The van der Waals surface area contributed by atoms with Crippen molar-refractivity contribution in [2.75, 3.05) is 13.1 Å². The van der Waals surface area contributed by atoms with Crippen LogP contribution in [0, 0.1) is 5.92 Å². The molecule has 114 valence electrons. The summed E-state index contributed by atoms with van der Waals surface area (Å²) in [5.41, 5.74) is 6.38. The van der Waals surface area contributed by atoms with E-state index in [0.29, 0.717) is 24.1 Å². The molecule has 0 spiro atoms. The number of benzene rings is 1. The van der Waals surface area contributed by atoms with E-state index in [4.69, 9.17) is 5.73 Å². The first-order valence-corrected chi connectivity index (χ1v) is 8.30. The summed E-state index contributed by atoms with van der Waals surface area (Å²) >= 11 is 0. The average Bonchev–Trinajstić information content (AvgIpc) is 2.99. The molecule has 3 rings (SSSR count). The van der Waals surface area contributed by atoms with E-state index in [0.717, 1.165) is 6.42 Å². The van der Waals surface area contributed by atoms with Gasteiger partial charge >= 0.3 is 5.69 Å². The monoisotopic (exact) mass is 310 g/mol. The molecule has 1 aromatic heterocycles. The van der Waals surface area contributed by atoms with Gasteiger partial charge in [0, 0.05) is 12.6 Å². The summed E-state index contributed by atoms with van der Waals surface area (Å²) < 4.78 is 27.0. The molecule has 0 amide bonds. The second-order valence-corrected chi connectivity index (χ2v) is 7.44. The summed E-state index contributed by atoms with van der Waals surface area (Å²) in [6.07, 6.45) is 0.777. The van der Waals surface area contributed by atoms with E-state index < -0.39 is 10.0 Å². The Morgan fingerprint density at radius 3 is 2.71 bits per heavy atom. The summed E-state index contributed by atoms with van der Waals surface area (Å²) in [6, 6.07) is 4.54. The molecule has 8 heteroatoms. The van der Waals surface area contributed by atoms with Crippen LogP contribution in [0.4, 0.5) is 0 Å². The molecule has 4 N–H and O–H groups in total. The average molecular weight is 310 g/mol. The quantitative estimate of drug-likeness (QED) is 0.752. The van der Waals surface area contributed by atoms with Crippen molar-refractivity contribution >= 4 is 21.1 Å². The lowest BCUT2D eigenvalue weighted by Crippen LogP contribution is -2.34. The molecule has 2 aromatic rings. The van der Waals surface area contributed by atoms with Crippen LogP contribution in [0.15, 0.2) is 27.9 Å². The fourth-order valence-electron chi connectivity index (χ4n) is 2.92. The van der Waals surface area contributed by atoms with E-state index in [9.17, 15) is 13.2 Å². The number of imidazole rings is 1. The number of fused-ring (bicyclic) bond motifs is 1. The number of aromatic amines is 2. The van der Waals surface area contributed by atoms with Crippen LogP contribution in [0.2, 0.25) is 0 Å². The van der Waals surface area contributed by atoms with E-state index in [1.54, 1.807) is 6.07 Å². The lowest BCUT2D eigenvalue weighted by Gasteiger charge is -2.21. The molecule has 2 atom stereocenters. The normalized spacial score (nSPS) is 23.9. The minimum atomic E-state index is -3.57. The fourth-order valence-corrected chi connectivity index (χ4v) is 4.67. The Balaban J connectivity index is 2.01. The lowest BCUT2D eigenvalue weighted by atomic mass is 10.1. The number of hydrogen-bond donors (Lipinski definition) is 3. The highest BCUT2D eigenvalue weighted by Crippen LogP contribution is 2.29. The predicted octanol–water partition coefficient (Wildman–Crippen LogP) is 0.214. The van der Waals surface area contributed by atoms with Gasteiger partial charge in [0.25, 0.3) is 0 Å². The van der Waals surface area contributed by atoms with Gasteiger partial charge in [0.15, 0.2) is 0 Å². The molecule has 0 aliphatic carbocycles. The highest BCUT2D eigenvalue weighted by Gasteiger charge is 2.37. The number of rotatable bonds is 3. The highest BCUT2D eigenvalue weighted by molar-refractivity contribution is 7.89. The van der Waals surface area contributed by atoms with Crippen molar-refractivity contribution in [1.82, 2.24) is 14.3 Å². The number of aromatic nitrogens is 2. The standard InChI is InChI=1S/C13H18N4O3S/c1-8-4-9(6-14)7-17(8)21(19,20)10-2-3-11-12(5-10)16-13(18)15-11/h2-3,5,8-9H,4,6-7,14H2,1H3,(H2,15,16,18). The fraction of sp³-hybridized carbons (Fsp3) is 0.462. The van der Waals surface area contributed by atoms with Gasteiger partial charge in [0.2, 0.25) is 10.0 Å². The minimum absolute atomic E-state index is 0.0653. The number of nitrogens with zero attached hydrogens (tertiary/aromatic N) is 1. The number of nitrogens with two attached hydrogens (primary N) is 1. The first-order chi connectivity index (χ1) is 9.91. The van der Waals surface area contributed by atoms with E-state index in [1.807, 2.05) is 6.92 Å². The van der Waals surface area contributed by atoms with Crippen molar-refractivity contribution in [3.8, 4) is 0 Å². The Morgan fingerprint density at radius 2 is 2.05 bits per heavy atom. The third-order valence-corrected chi connectivity index (χ3v) is 6.01. The maximum Gasteiger partial charge on any atom is 0.323 e. The SMILES string of the molecule is CC1CC(CN)CN1S(=O)(=O)c1ccc2[nH]c(=O)[nH]c2c1. The van der Waals surface area contributed by atoms with Crippen LogP contribution in [-0.2, 0) is 10.0 Å². The number of nitrogens with one attached hydrogen (secondary N) is 2. The van der Waals surface area contributed by atoms with Gasteiger partial charge in [-0.25, -0.2) is 13.2 Å². The van der Waals surface area contributed by atoms with Gasteiger partial charge in [0.05, 0.1) is 15.9 Å². The molecule has 1 aliphatic heterocycles. The second-order valence-electron chi connectivity index (χ2n) is 5.55. The van der Waals surface area contributed by atoms with Gasteiger partial charge in [-0.2, -0.15) is 4.31 Å². The van der Waals surface area contributed by atoms with Crippen LogP contribution in [0.5, 0.6) is 0 Å². The Bertz CT molecular complexity index is 823. The summed E-state index contributed by atoms with van der Waals surface area (Å²) in [4.78, 5) is 16.6. The number of hydrogen-bond acceptors (Lipinski definition) is 4. The van der Waals surface area contributed by atoms with E-state index in [2.05, 4.69) is 9.97 Å². The maximum absolute atomic E-state index is 12.7. The summed E-state index contributed by atoms with van der Waals surface area (Å²) in [6.45, 7) is 2.83. The molecule has 1 aromatic carbocycles. The van der Waals surface area contributed by atoms with Gasteiger partial charge in [-0.15, -0.1) is 0 Å². The van der Waals surface area contributed by atoms with Crippen LogP contribution in [0.1, 0.15) is 13.3 Å². The smallest absolute Gasteiger partial charge is 0.323 e. The zero-order chi connectivity index (χ0) is 15.2. The first-order valence-electron chi connectivity index (χ1n) is 6.86. The van der Waals surface area contributed by atoms with Crippen molar-refractivity contribution in [2.24, 2.45) is 11.7 Å². The first kappa shape index (κ1) is 14.3. The Kier molecular flexibility index (Phi) is 3.39. The minimum Gasteiger partial charge on any atom is -0.330 e. The topological polar surface area (TPSA) is 112 Å². The molecule has 0 saturated carbocycles. The predicted molar refractivity (Wildman–Crippen MR) is 79.4 cm³/mol. The van der Waals surface area contributed by atoms with Crippen LogP contribution < -0.4 is 11.4 Å². The Morgan fingerprint density at radius 1 is 1.33 bits per heavy atom. The number of H-pyrrole nitrogens is 2. The molecule has 2 heterocycles. The molecule has 1 aliphatic rings. The van der Waals surface area contributed by atoms with Gasteiger partial charge in [-0.3, -0.25) is 0 Å². The largest absolute Gasteiger partial charge is 0.330 e. The van der Waals surface area contributed by atoms with Crippen molar-refractivity contribution in [2.45, 2.75) is 24.3 Å². The third kappa shape index (κ3) is 2.39. The molecule has 21 heavy (non-hydrogen) atoms. The molecular formula is C13H18N4O3S.